The molecule has 0 radical (unpaired) electrons. The minimum absolute atomic E-state index is 0.123. The molecule has 1 rings (SSSR count). The standard InChI is InChI=1S/C6H8N2OS/c9-2-1-5-3-8-6(10)4-7-5/h3-4,9H,1-2H2,(H,8,10). The molecule has 0 spiro atoms. The van der Waals surface area contributed by atoms with E-state index in [9.17, 15) is 0 Å². The predicted molar refractivity (Wildman–Crippen MR) is 40.2 cm³/mol. The molecule has 10 heavy (non-hydrogen) atoms. The normalized spacial score (nSPS) is 9.70. The van der Waals surface area contributed by atoms with Crippen LogP contribution in [0.2, 0.25) is 0 Å². The fraction of sp³-hybridized carbons (Fsp3) is 0.333. The van der Waals surface area contributed by atoms with Crippen molar-refractivity contribution in [2.75, 3.05) is 6.61 Å². The SMILES string of the molecule is OCCc1c[nH]c(=S)cn1. The van der Waals surface area contributed by atoms with Gasteiger partial charge in [0.25, 0.3) is 0 Å². The van der Waals surface area contributed by atoms with Crippen LogP contribution in [0.4, 0.5) is 0 Å². The summed E-state index contributed by atoms with van der Waals surface area (Å²) in [6, 6.07) is 0. The Bertz CT molecular complexity index is 238. The van der Waals surface area contributed by atoms with Gasteiger partial charge in [-0.2, -0.15) is 0 Å². The summed E-state index contributed by atoms with van der Waals surface area (Å²) in [5, 5.41) is 8.51. The molecule has 0 fully saturated rings. The van der Waals surface area contributed by atoms with Crippen molar-refractivity contribution in [3.8, 4) is 0 Å². The number of aromatic amines is 1. The van der Waals surface area contributed by atoms with E-state index in [1.807, 2.05) is 0 Å². The van der Waals surface area contributed by atoms with Crippen molar-refractivity contribution in [1.82, 2.24) is 9.97 Å². The molecule has 1 heterocycles. The summed E-state index contributed by atoms with van der Waals surface area (Å²) in [7, 11) is 0. The molecule has 0 aliphatic heterocycles. The van der Waals surface area contributed by atoms with E-state index in [0.717, 1.165) is 5.69 Å². The summed E-state index contributed by atoms with van der Waals surface area (Å²) >= 11 is 4.78. The van der Waals surface area contributed by atoms with Gasteiger partial charge < -0.3 is 10.1 Å². The van der Waals surface area contributed by atoms with Crippen LogP contribution in [0, 0.1) is 4.64 Å². The molecule has 2 N–H and O–H groups in total. The van der Waals surface area contributed by atoms with Crippen LogP contribution >= 0.6 is 12.2 Å². The van der Waals surface area contributed by atoms with E-state index in [0.29, 0.717) is 11.1 Å². The summed E-state index contributed by atoms with van der Waals surface area (Å²) in [6.07, 6.45) is 3.85. The zero-order valence-corrected chi connectivity index (χ0v) is 6.19. The third-order valence-corrected chi connectivity index (χ3v) is 1.32. The molecule has 0 bridgehead atoms. The number of aliphatic hydroxyl groups is 1. The quantitative estimate of drug-likeness (QED) is 0.619. The number of rotatable bonds is 2. The Morgan fingerprint density at radius 2 is 2.50 bits per heavy atom. The van der Waals surface area contributed by atoms with Gasteiger partial charge in [0.05, 0.1) is 11.9 Å². The Morgan fingerprint density at radius 1 is 1.70 bits per heavy atom. The van der Waals surface area contributed by atoms with E-state index in [-0.39, 0.29) is 6.61 Å². The van der Waals surface area contributed by atoms with Crippen LogP contribution in [0.15, 0.2) is 12.4 Å². The van der Waals surface area contributed by atoms with Crippen molar-refractivity contribution in [2.45, 2.75) is 6.42 Å². The molecular weight excluding hydrogens is 148 g/mol. The van der Waals surface area contributed by atoms with Gasteiger partial charge in [0.1, 0.15) is 4.64 Å². The van der Waals surface area contributed by atoms with Crippen molar-refractivity contribution >= 4 is 12.2 Å². The van der Waals surface area contributed by atoms with Gasteiger partial charge in [-0.1, -0.05) is 12.2 Å². The van der Waals surface area contributed by atoms with Crippen molar-refractivity contribution in [2.24, 2.45) is 0 Å². The molecule has 0 amide bonds. The molecule has 1 aromatic heterocycles. The van der Waals surface area contributed by atoms with Crippen molar-refractivity contribution < 1.29 is 5.11 Å². The first kappa shape index (κ1) is 7.37. The van der Waals surface area contributed by atoms with Gasteiger partial charge in [0.2, 0.25) is 0 Å². The van der Waals surface area contributed by atoms with Crippen molar-refractivity contribution in [3.63, 3.8) is 0 Å². The average Bonchev–Trinajstić information content (AvgIpc) is 1.95. The lowest BCUT2D eigenvalue weighted by Crippen LogP contribution is -1.94. The van der Waals surface area contributed by atoms with Gasteiger partial charge in [-0.3, -0.25) is 4.98 Å². The van der Waals surface area contributed by atoms with Crippen LogP contribution in [-0.4, -0.2) is 21.7 Å². The van der Waals surface area contributed by atoms with E-state index >= 15 is 0 Å². The number of aliphatic hydroxyl groups excluding tert-OH is 1. The second kappa shape index (κ2) is 3.43. The van der Waals surface area contributed by atoms with Crippen LogP contribution in [-0.2, 0) is 6.42 Å². The highest BCUT2D eigenvalue weighted by molar-refractivity contribution is 7.71. The van der Waals surface area contributed by atoms with E-state index in [2.05, 4.69) is 9.97 Å². The Kier molecular flexibility index (Phi) is 2.53. The van der Waals surface area contributed by atoms with E-state index in [4.69, 9.17) is 17.3 Å². The summed E-state index contributed by atoms with van der Waals surface area (Å²) in [6.45, 7) is 0.123. The van der Waals surface area contributed by atoms with Crippen LogP contribution in [0.3, 0.4) is 0 Å². The maximum Gasteiger partial charge on any atom is 0.121 e. The minimum Gasteiger partial charge on any atom is -0.396 e. The van der Waals surface area contributed by atoms with Crippen molar-refractivity contribution in [1.29, 1.82) is 0 Å². The number of nitrogens with zero attached hydrogens (tertiary/aromatic N) is 1. The number of hydrogen-bond donors (Lipinski definition) is 2. The van der Waals surface area contributed by atoms with E-state index in [1.165, 1.54) is 0 Å². The maximum atomic E-state index is 8.51. The zero-order valence-electron chi connectivity index (χ0n) is 5.37. The number of nitrogens with one attached hydrogen (secondary N) is 1. The minimum atomic E-state index is 0.123. The summed E-state index contributed by atoms with van der Waals surface area (Å²) < 4.78 is 0.613. The van der Waals surface area contributed by atoms with Gasteiger partial charge in [0.15, 0.2) is 0 Å². The molecular formula is C6H8N2OS. The first-order chi connectivity index (χ1) is 4.83. The molecule has 54 valence electrons. The molecule has 0 unspecified atom stereocenters. The first-order valence-electron chi connectivity index (χ1n) is 2.97. The van der Waals surface area contributed by atoms with Crippen LogP contribution in [0.1, 0.15) is 5.69 Å². The van der Waals surface area contributed by atoms with Gasteiger partial charge in [-0.25, -0.2) is 0 Å². The largest absolute Gasteiger partial charge is 0.396 e. The Hall–Kier alpha value is -0.740. The molecule has 4 heteroatoms. The lowest BCUT2D eigenvalue weighted by molar-refractivity contribution is 0.298. The molecule has 1 aromatic rings. The highest BCUT2D eigenvalue weighted by Gasteiger charge is 1.89. The van der Waals surface area contributed by atoms with Crippen molar-refractivity contribution in [3.05, 3.63) is 22.7 Å². The number of H-pyrrole nitrogens is 1. The smallest absolute Gasteiger partial charge is 0.121 e. The lowest BCUT2D eigenvalue weighted by Gasteiger charge is -1.93. The molecule has 0 saturated heterocycles. The topological polar surface area (TPSA) is 48.9 Å². The van der Waals surface area contributed by atoms with E-state index in [1.54, 1.807) is 12.4 Å². The summed E-state index contributed by atoms with van der Waals surface area (Å²) in [4.78, 5) is 6.80. The van der Waals surface area contributed by atoms with Gasteiger partial charge in [-0.15, -0.1) is 0 Å². The molecule has 0 aliphatic rings. The fourth-order valence-corrected chi connectivity index (χ4v) is 0.733. The Morgan fingerprint density at radius 3 is 3.00 bits per heavy atom. The lowest BCUT2D eigenvalue weighted by atomic mass is 10.3. The molecule has 3 nitrogen and oxygen atoms in total. The average molecular weight is 156 g/mol. The third-order valence-electron chi connectivity index (χ3n) is 1.10. The Labute approximate surface area is 63.8 Å². The third kappa shape index (κ3) is 1.89. The van der Waals surface area contributed by atoms with Gasteiger partial charge in [-0.05, 0) is 0 Å². The fourth-order valence-electron chi connectivity index (χ4n) is 0.622. The van der Waals surface area contributed by atoms with E-state index < -0.39 is 0 Å². The Balaban J connectivity index is 2.79. The van der Waals surface area contributed by atoms with Gasteiger partial charge >= 0.3 is 0 Å². The van der Waals surface area contributed by atoms with Crippen LogP contribution < -0.4 is 0 Å². The predicted octanol–water partition coefficient (Wildman–Crippen LogP) is 0.674. The zero-order chi connectivity index (χ0) is 7.40. The van der Waals surface area contributed by atoms with Crippen LogP contribution in [0.5, 0.6) is 0 Å². The highest BCUT2D eigenvalue weighted by atomic mass is 32.1. The van der Waals surface area contributed by atoms with Gasteiger partial charge in [0, 0.05) is 19.2 Å². The second-order valence-corrected chi connectivity index (χ2v) is 2.32. The number of aromatic nitrogens is 2. The molecule has 0 saturated carbocycles. The highest BCUT2D eigenvalue weighted by Crippen LogP contribution is 1.90. The molecule has 0 atom stereocenters. The maximum absolute atomic E-state index is 8.51. The molecule has 0 aromatic carbocycles. The van der Waals surface area contributed by atoms with Crippen LogP contribution in [0.25, 0.3) is 0 Å². The summed E-state index contributed by atoms with van der Waals surface area (Å²) in [5.41, 5.74) is 0.830. The molecule has 0 aliphatic carbocycles. The number of hydrogen-bond acceptors (Lipinski definition) is 3. The summed E-state index contributed by atoms with van der Waals surface area (Å²) in [5.74, 6) is 0. The second-order valence-electron chi connectivity index (χ2n) is 1.88. The monoisotopic (exact) mass is 156 g/mol. The first-order valence-corrected chi connectivity index (χ1v) is 3.38.